The molecule has 0 spiro atoms. The molecule has 0 N–H and O–H groups in total. The Morgan fingerprint density at radius 2 is 2.04 bits per heavy atom. The molecule has 2 saturated heterocycles. The normalized spacial score (nSPS) is 26.1. The molecule has 2 fully saturated rings. The van der Waals surface area contributed by atoms with Gasteiger partial charge in [0.15, 0.2) is 0 Å². The molecule has 130 valence electrons. The van der Waals surface area contributed by atoms with Gasteiger partial charge in [0.2, 0.25) is 5.91 Å². The number of carbonyl (C=O) groups is 1. The van der Waals surface area contributed by atoms with E-state index in [9.17, 15) is 4.79 Å². The summed E-state index contributed by atoms with van der Waals surface area (Å²) in [6.07, 6.45) is 4.31. The van der Waals surface area contributed by atoms with Gasteiger partial charge in [-0.05, 0) is 37.1 Å². The van der Waals surface area contributed by atoms with Crippen molar-refractivity contribution in [2.45, 2.75) is 25.3 Å². The fourth-order valence-electron chi connectivity index (χ4n) is 4.10. The summed E-state index contributed by atoms with van der Waals surface area (Å²) in [5.74, 6) is 2.34. The van der Waals surface area contributed by atoms with Gasteiger partial charge in [-0.3, -0.25) is 4.79 Å². The first-order chi connectivity index (χ1) is 12.2. The minimum atomic E-state index is 0.0596. The summed E-state index contributed by atoms with van der Waals surface area (Å²) >= 11 is 0. The molecule has 25 heavy (non-hydrogen) atoms. The van der Waals surface area contributed by atoms with Gasteiger partial charge in [-0.2, -0.15) is 0 Å². The van der Waals surface area contributed by atoms with Gasteiger partial charge in [-0.1, -0.05) is 30.3 Å². The lowest BCUT2D eigenvalue weighted by atomic mass is 9.84. The van der Waals surface area contributed by atoms with Crippen molar-refractivity contribution in [3.63, 3.8) is 0 Å². The van der Waals surface area contributed by atoms with Crippen LogP contribution in [0.4, 0.5) is 0 Å². The highest BCUT2D eigenvalue weighted by Gasteiger charge is 2.45. The van der Waals surface area contributed by atoms with Crippen molar-refractivity contribution in [1.82, 2.24) is 4.90 Å². The number of carbonyl (C=O) groups excluding carboxylic acids is 1. The van der Waals surface area contributed by atoms with Crippen LogP contribution in [0.2, 0.25) is 0 Å². The van der Waals surface area contributed by atoms with Gasteiger partial charge in [0, 0.05) is 37.1 Å². The number of aryl methyl sites for hydroxylation is 1. The molecule has 3 atom stereocenters. The molecule has 1 aromatic heterocycles. The molecule has 2 aliphatic rings. The van der Waals surface area contributed by atoms with Gasteiger partial charge in [-0.15, -0.1) is 0 Å². The van der Waals surface area contributed by atoms with E-state index in [1.54, 1.807) is 12.2 Å². The highest BCUT2D eigenvalue weighted by atomic mass is 16.5. The van der Waals surface area contributed by atoms with Crippen molar-refractivity contribution in [3.8, 4) is 0 Å². The zero-order chi connectivity index (χ0) is 17.2. The molecule has 1 aromatic carbocycles. The van der Waals surface area contributed by atoms with Crippen LogP contribution in [-0.4, -0.2) is 36.6 Å². The summed E-state index contributed by atoms with van der Waals surface area (Å²) in [5.41, 5.74) is 1.30. The number of amides is 1. The molecule has 0 saturated carbocycles. The summed E-state index contributed by atoms with van der Waals surface area (Å²) in [6.45, 7) is 4.11. The maximum Gasteiger partial charge on any atom is 0.246 e. The fraction of sp³-hybridized carbons (Fsp3) is 0.381. The van der Waals surface area contributed by atoms with Gasteiger partial charge in [0.1, 0.15) is 11.5 Å². The Morgan fingerprint density at radius 1 is 1.20 bits per heavy atom. The lowest BCUT2D eigenvalue weighted by Crippen LogP contribution is -2.41. The summed E-state index contributed by atoms with van der Waals surface area (Å²) in [6, 6.07) is 14.5. The molecule has 4 rings (SSSR count). The molecule has 1 amide bonds. The molecule has 2 aromatic rings. The Kier molecular flexibility index (Phi) is 4.45. The molecule has 4 heteroatoms. The molecule has 3 heterocycles. The first-order valence-corrected chi connectivity index (χ1v) is 8.90. The Bertz CT molecular complexity index is 764. The van der Waals surface area contributed by atoms with Crippen LogP contribution < -0.4 is 0 Å². The zero-order valence-electron chi connectivity index (χ0n) is 14.4. The average Bonchev–Trinajstić information content (AvgIpc) is 3.24. The van der Waals surface area contributed by atoms with Crippen molar-refractivity contribution in [3.05, 3.63) is 65.6 Å². The molecular formula is C21H23NO3. The van der Waals surface area contributed by atoms with E-state index in [-0.39, 0.29) is 11.9 Å². The number of hydrogen-bond donors (Lipinski definition) is 0. The topological polar surface area (TPSA) is 42.7 Å². The molecular weight excluding hydrogens is 314 g/mol. The van der Waals surface area contributed by atoms with Crippen molar-refractivity contribution in [2.24, 2.45) is 5.92 Å². The predicted octanol–water partition coefficient (Wildman–Crippen LogP) is 3.63. The van der Waals surface area contributed by atoms with Gasteiger partial charge >= 0.3 is 0 Å². The molecule has 4 nitrogen and oxygen atoms in total. The first kappa shape index (κ1) is 16.2. The summed E-state index contributed by atoms with van der Waals surface area (Å²) in [7, 11) is 0. The lowest BCUT2D eigenvalue weighted by molar-refractivity contribution is -0.128. The Balaban J connectivity index is 1.54. The largest absolute Gasteiger partial charge is 0.462 e. The summed E-state index contributed by atoms with van der Waals surface area (Å²) in [5, 5.41) is 0. The number of rotatable bonds is 3. The highest BCUT2D eigenvalue weighted by molar-refractivity contribution is 5.92. The van der Waals surface area contributed by atoms with Crippen LogP contribution in [0.15, 0.2) is 53.0 Å². The molecule has 2 aliphatic heterocycles. The maximum absolute atomic E-state index is 12.8. The third kappa shape index (κ3) is 3.27. The van der Waals surface area contributed by atoms with Crippen LogP contribution in [0.5, 0.6) is 0 Å². The van der Waals surface area contributed by atoms with Crippen molar-refractivity contribution in [1.29, 1.82) is 0 Å². The number of ether oxygens (including phenoxy) is 1. The minimum absolute atomic E-state index is 0.0596. The number of benzene rings is 1. The second-order valence-corrected chi connectivity index (χ2v) is 6.88. The number of furan rings is 1. The van der Waals surface area contributed by atoms with E-state index in [0.717, 1.165) is 31.9 Å². The van der Waals surface area contributed by atoms with Gasteiger partial charge in [-0.25, -0.2) is 0 Å². The quantitative estimate of drug-likeness (QED) is 0.803. The van der Waals surface area contributed by atoms with Crippen molar-refractivity contribution >= 4 is 12.0 Å². The zero-order valence-corrected chi connectivity index (χ0v) is 14.4. The van der Waals surface area contributed by atoms with Gasteiger partial charge in [0.25, 0.3) is 0 Å². The lowest BCUT2D eigenvalue weighted by Gasteiger charge is -2.32. The van der Waals surface area contributed by atoms with E-state index >= 15 is 0 Å². The third-order valence-electron chi connectivity index (χ3n) is 5.34. The molecule has 0 radical (unpaired) electrons. The Morgan fingerprint density at radius 3 is 2.80 bits per heavy atom. The second-order valence-electron chi connectivity index (χ2n) is 6.88. The Hall–Kier alpha value is -2.33. The van der Waals surface area contributed by atoms with E-state index in [0.29, 0.717) is 17.6 Å². The summed E-state index contributed by atoms with van der Waals surface area (Å²) in [4.78, 5) is 14.8. The number of fused-ring (bicyclic) bond motifs is 1. The third-order valence-corrected chi connectivity index (χ3v) is 5.34. The Labute approximate surface area is 148 Å². The number of likely N-dealkylation sites (tertiary alicyclic amines) is 1. The predicted molar refractivity (Wildman–Crippen MR) is 96.1 cm³/mol. The van der Waals surface area contributed by atoms with E-state index in [4.69, 9.17) is 9.15 Å². The van der Waals surface area contributed by atoms with Crippen molar-refractivity contribution in [2.75, 3.05) is 19.8 Å². The SMILES string of the molecule is Cc1ccc(/C=C/C(=O)N2CC(c3ccccc3)C3COCCC32)o1. The highest BCUT2D eigenvalue weighted by Crippen LogP contribution is 2.40. The monoisotopic (exact) mass is 337 g/mol. The van der Waals surface area contributed by atoms with Crippen LogP contribution in [0.3, 0.4) is 0 Å². The van der Waals surface area contributed by atoms with Crippen LogP contribution >= 0.6 is 0 Å². The van der Waals surface area contributed by atoms with E-state index in [1.807, 2.05) is 30.0 Å². The number of nitrogens with zero attached hydrogens (tertiary/aromatic N) is 1. The first-order valence-electron chi connectivity index (χ1n) is 8.90. The van der Waals surface area contributed by atoms with E-state index in [2.05, 4.69) is 24.3 Å². The summed E-state index contributed by atoms with van der Waals surface area (Å²) < 4.78 is 11.2. The van der Waals surface area contributed by atoms with Crippen LogP contribution in [0.1, 0.15) is 29.4 Å². The van der Waals surface area contributed by atoms with E-state index < -0.39 is 0 Å². The number of hydrogen-bond acceptors (Lipinski definition) is 3. The second kappa shape index (κ2) is 6.89. The van der Waals surface area contributed by atoms with E-state index in [1.165, 1.54) is 5.56 Å². The fourth-order valence-corrected chi connectivity index (χ4v) is 4.10. The molecule has 0 aliphatic carbocycles. The van der Waals surface area contributed by atoms with Gasteiger partial charge < -0.3 is 14.1 Å². The smallest absolute Gasteiger partial charge is 0.246 e. The maximum atomic E-state index is 12.8. The molecule has 3 unspecified atom stereocenters. The standard InChI is InChI=1S/C21H23NO3/c1-15-7-8-17(25-15)9-10-21(23)22-13-18(16-5-3-2-4-6-16)19-14-24-12-11-20(19)22/h2-10,18-20H,11-14H2,1H3/b10-9+. The van der Waals surface area contributed by atoms with Gasteiger partial charge in [0.05, 0.1) is 6.61 Å². The van der Waals surface area contributed by atoms with Crippen LogP contribution in [0, 0.1) is 12.8 Å². The molecule has 0 bridgehead atoms. The van der Waals surface area contributed by atoms with Crippen LogP contribution in [-0.2, 0) is 9.53 Å². The minimum Gasteiger partial charge on any atom is -0.462 e. The van der Waals surface area contributed by atoms with Crippen LogP contribution in [0.25, 0.3) is 6.08 Å². The average molecular weight is 337 g/mol. The van der Waals surface area contributed by atoms with Crippen molar-refractivity contribution < 1.29 is 13.9 Å².